The second kappa shape index (κ2) is 5.89. The van der Waals surface area contributed by atoms with E-state index in [0.29, 0.717) is 10.8 Å². The summed E-state index contributed by atoms with van der Waals surface area (Å²) in [6, 6.07) is 16.8. The normalized spacial score (nSPS) is 10.5. The highest BCUT2D eigenvalue weighted by atomic mass is 35.5. The summed E-state index contributed by atoms with van der Waals surface area (Å²) < 4.78 is 5.16. The Hall–Kier alpha value is -2.46. The number of hydrogen-bond acceptors (Lipinski definition) is 2. The molecule has 3 aromatic rings. The van der Waals surface area contributed by atoms with Crippen LogP contribution in [-0.4, -0.2) is 11.1 Å². The van der Waals surface area contributed by atoms with Gasteiger partial charge in [0, 0.05) is 15.9 Å². The number of aromatic nitrogens is 1. The molecule has 21 heavy (non-hydrogen) atoms. The van der Waals surface area contributed by atoms with Crippen molar-refractivity contribution in [3.05, 3.63) is 65.2 Å². The van der Waals surface area contributed by atoms with Crippen LogP contribution >= 0.6 is 11.6 Å². The van der Waals surface area contributed by atoms with Crippen molar-refractivity contribution in [3.63, 3.8) is 0 Å². The van der Waals surface area contributed by atoms with E-state index in [-0.39, 0.29) is 6.61 Å². The van der Waals surface area contributed by atoms with Crippen LogP contribution in [0.4, 0.5) is 10.6 Å². The van der Waals surface area contributed by atoms with Crippen molar-refractivity contribution in [2.45, 2.75) is 6.61 Å². The fourth-order valence-electron chi connectivity index (χ4n) is 2.04. The maximum absolute atomic E-state index is 11.8. The summed E-state index contributed by atoms with van der Waals surface area (Å²) in [6.45, 7) is 0.235. The van der Waals surface area contributed by atoms with Crippen LogP contribution in [0.5, 0.6) is 0 Å². The number of fused-ring (bicyclic) bond motifs is 1. The topological polar surface area (TPSA) is 54.1 Å². The van der Waals surface area contributed by atoms with E-state index in [1.807, 2.05) is 48.5 Å². The SMILES string of the molecule is O=C(Nc1cc2cc(Cl)ccc2[nH]1)OCc1ccccc1. The second-order valence-electron chi connectivity index (χ2n) is 4.60. The first-order valence-electron chi connectivity index (χ1n) is 6.47. The minimum atomic E-state index is -0.503. The summed E-state index contributed by atoms with van der Waals surface area (Å²) in [5, 5.41) is 4.25. The number of benzene rings is 2. The van der Waals surface area contributed by atoms with E-state index < -0.39 is 6.09 Å². The fraction of sp³-hybridized carbons (Fsp3) is 0.0625. The van der Waals surface area contributed by atoms with Crippen LogP contribution in [0.3, 0.4) is 0 Å². The van der Waals surface area contributed by atoms with Gasteiger partial charge >= 0.3 is 6.09 Å². The van der Waals surface area contributed by atoms with Crippen LogP contribution in [-0.2, 0) is 11.3 Å². The molecule has 0 saturated heterocycles. The molecule has 0 bridgehead atoms. The molecule has 0 saturated carbocycles. The molecular formula is C16H13ClN2O2. The lowest BCUT2D eigenvalue weighted by Gasteiger charge is -2.05. The van der Waals surface area contributed by atoms with E-state index in [9.17, 15) is 4.79 Å². The van der Waals surface area contributed by atoms with Gasteiger partial charge in [0.15, 0.2) is 0 Å². The predicted molar refractivity (Wildman–Crippen MR) is 83.6 cm³/mol. The number of anilines is 1. The lowest BCUT2D eigenvalue weighted by Crippen LogP contribution is -2.13. The first kappa shape index (κ1) is 13.5. The summed E-state index contributed by atoms with van der Waals surface area (Å²) in [5.74, 6) is 0.574. The zero-order chi connectivity index (χ0) is 14.7. The van der Waals surface area contributed by atoms with Crippen molar-refractivity contribution in [3.8, 4) is 0 Å². The molecule has 106 valence electrons. The molecule has 0 aliphatic carbocycles. The smallest absolute Gasteiger partial charge is 0.413 e. The van der Waals surface area contributed by atoms with Crippen molar-refractivity contribution in [2.75, 3.05) is 5.32 Å². The average Bonchev–Trinajstić information content (AvgIpc) is 2.87. The largest absolute Gasteiger partial charge is 0.444 e. The molecule has 2 aromatic carbocycles. The van der Waals surface area contributed by atoms with Gasteiger partial charge in [0.2, 0.25) is 0 Å². The summed E-state index contributed by atoms with van der Waals surface area (Å²) in [6.07, 6.45) is -0.503. The number of aromatic amines is 1. The Morgan fingerprint density at radius 2 is 1.95 bits per heavy atom. The molecule has 1 amide bonds. The minimum absolute atomic E-state index is 0.235. The zero-order valence-electron chi connectivity index (χ0n) is 11.1. The summed E-state index contributed by atoms with van der Waals surface area (Å²) >= 11 is 5.93. The Bertz CT molecular complexity index is 768. The van der Waals surface area contributed by atoms with Crippen molar-refractivity contribution >= 4 is 34.4 Å². The van der Waals surface area contributed by atoms with E-state index in [4.69, 9.17) is 16.3 Å². The Morgan fingerprint density at radius 1 is 1.14 bits per heavy atom. The average molecular weight is 301 g/mol. The lowest BCUT2D eigenvalue weighted by atomic mass is 10.2. The highest BCUT2D eigenvalue weighted by Gasteiger charge is 2.07. The maximum atomic E-state index is 11.8. The van der Waals surface area contributed by atoms with Gasteiger partial charge in [0.25, 0.3) is 0 Å². The van der Waals surface area contributed by atoms with Crippen molar-refractivity contribution < 1.29 is 9.53 Å². The number of hydrogen-bond donors (Lipinski definition) is 2. The van der Waals surface area contributed by atoms with Crippen LogP contribution in [0.25, 0.3) is 10.9 Å². The van der Waals surface area contributed by atoms with Crippen molar-refractivity contribution in [1.29, 1.82) is 0 Å². The highest BCUT2D eigenvalue weighted by molar-refractivity contribution is 6.31. The number of carbonyl (C=O) groups is 1. The Morgan fingerprint density at radius 3 is 2.76 bits per heavy atom. The number of rotatable bonds is 3. The number of nitrogens with one attached hydrogen (secondary N) is 2. The molecule has 0 aliphatic rings. The molecule has 0 unspecified atom stereocenters. The molecule has 0 atom stereocenters. The van der Waals surface area contributed by atoms with Gasteiger partial charge in [-0.2, -0.15) is 0 Å². The van der Waals surface area contributed by atoms with Crippen LogP contribution in [0.15, 0.2) is 54.6 Å². The first-order valence-corrected chi connectivity index (χ1v) is 6.84. The number of amides is 1. The first-order chi connectivity index (χ1) is 10.2. The Balaban J connectivity index is 1.63. The predicted octanol–water partition coefficient (Wildman–Crippen LogP) is 4.57. The number of halogens is 1. The molecule has 1 aromatic heterocycles. The third-order valence-electron chi connectivity index (χ3n) is 3.03. The second-order valence-corrected chi connectivity index (χ2v) is 5.04. The molecular weight excluding hydrogens is 288 g/mol. The summed E-state index contributed by atoms with van der Waals surface area (Å²) in [4.78, 5) is 14.8. The van der Waals surface area contributed by atoms with Gasteiger partial charge in [0.1, 0.15) is 12.4 Å². The van der Waals surface area contributed by atoms with E-state index in [1.54, 1.807) is 6.07 Å². The van der Waals surface area contributed by atoms with Gasteiger partial charge in [-0.05, 0) is 29.8 Å². The van der Waals surface area contributed by atoms with E-state index in [0.717, 1.165) is 16.5 Å². The van der Waals surface area contributed by atoms with Gasteiger partial charge < -0.3 is 9.72 Å². The van der Waals surface area contributed by atoms with E-state index in [1.165, 1.54) is 0 Å². The lowest BCUT2D eigenvalue weighted by molar-refractivity contribution is 0.155. The standard InChI is InChI=1S/C16H13ClN2O2/c17-13-6-7-14-12(8-13)9-15(18-14)19-16(20)21-10-11-4-2-1-3-5-11/h1-9,18H,10H2,(H,19,20). The summed E-state index contributed by atoms with van der Waals surface area (Å²) in [7, 11) is 0. The zero-order valence-corrected chi connectivity index (χ0v) is 11.9. The van der Waals surface area contributed by atoms with Crippen molar-refractivity contribution in [1.82, 2.24) is 4.98 Å². The monoisotopic (exact) mass is 300 g/mol. The van der Waals surface area contributed by atoms with Crippen LogP contribution < -0.4 is 5.32 Å². The fourth-order valence-corrected chi connectivity index (χ4v) is 2.22. The van der Waals surface area contributed by atoms with Gasteiger partial charge in [-0.3, -0.25) is 5.32 Å². The maximum Gasteiger partial charge on any atom is 0.413 e. The molecule has 0 radical (unpaired) electrons. The van der Waals surface area contributed by atoms with Crippen LogP contribution in [0.2, 0.25) is 5.02 Å². The van der Waals surface area contributed by atoms with Gasteiger partial charge in [-0.1, -0.05) is 41.9 Å². The van der Waals surface area contributed by atoms with Gasteiger partial charge in [0.05, 0.1) is 0 Å². The van der Waals surface area contributed by atoms with Gasteiger partial charge in [-0.15, -0.1) is 0 Å². The molecule has 2 N–H and O–H groups in total. The number of ether oxygens (including phenoxy) is 1. The molecule has 0 spiro atoms. The molecule has 4 nitrogen and oxygen atoms in total. The number of carbonyl (C=O) groups excluding carboxylic acids is 1. The molecule has 0 fully saturated rings. The van der Waals surface area contributed by atoms with Crippen molar-refractivity contribution in [2.24, 2.45) is 0 Å². The minimum Gasteiger partial charge on any atom is -0.444 e. The van der Waals surface area contributed by atoms with Crippen LogP contribution in [0, 0.1) is 0 Å². The van der Waals surface area contributed by atoms with E-state index >= 15 is 0 Å². The third kappa shape index (κ3) is 3.35. The van der Waals surface area contributed by atoms with E-state index in [2.05, 4.69) is 10.3 Å². The van der Waals surface area contributed by atoms with Gasteiger partial charge in [-0.25, -0.2) is 4.79 Å². The molecule has 1 heterocycles. The third-order valence-corrected chi connectivity index (χ3v) is 3.27. The highest BCUT2D eigenvalue weighted by Crippen LogP contribution is 2.22. The Kier molecular flexibility index (Phi) is 3.79. The quantitative estimate of drug-likeness (QED) is 0.744. The van der Waals surface area contributed by atoms with Crippen LogP contribution in [0.1, 0.15) is 5.56 Å². The molecule has 3 rings (SSSR count). The summed E-state index contributed by atoms with van der Waals surface area (Å²) in [5.41, 5.74) is 1.84. The number of H-pyrrole nitrogens is 1. The molecule has 5 heteroatoms. The molecule has 0 aliphatic heterocycles. The Labute approximate surface area is 126 Å².